The van der Waals surface area contributed by atoms with Gasteiger partial charge in [-0.05, 0) is 45.7 Å². The van der Waals surface area contributed by atoms with Gasteiger partial charge in [-0.1, -0.05) is 0 Å². The quantitative estimate of drug-likeness (QED) is 0.732. The van der Waals surface area contributed by atoms with Crippen LogP contribution in [0.3, 0.4) is 0 Å². The maximum Gasteiger partial charge on any atom is 0.176 e. The van der Waals surface area contributed by atoms with E-state index >= 15 is 0 Å². The number of hydrogen-bond donors (Lipinski definition) is 0. The molecule has 0 N–H and O–H groups in total. The molecular weight excluding hydrogens is 304 g/mol. The van der Waals surface area contributed by atoms with Crippen LogP contribution in [0.25, 0.3) is 5.65 Å². The van der Waals surface area contributed by atoms with E-state index in [0.717, 1.165) is 49.0 Å². The zero-order valence-electron chi connectivity index (χ0n) is 14.3. The molecule has 0 bridgehead atoms. The average Bonchev–Trinajstić information content (AvgIpc) is 3.19. The molecule has 1 unspecified atom stereocenters. The van der Waals surface area contributed by atoms with Crippen LogP contribution in [0, 0.1) is 6.92 Å². The summed E-state index contributed by atoms with van der Waals surface area (Å²) >= 11 is 0. The minimum absolute atomic E-state index is 0.373. The lowest BCUT2D eigenvalue weighted by molar-refractivity contribution is 0.452. The SMILES string of the molecule is Cc1nc2ccc(N3CCCC(c4nncn4C(C)C)C3)nn2n1. The van der Waals surface area contributed by atoms with Crippen molar-refractivity contribution in [3.8, 4) is 0 Å². The molecule has 0 aliphatic carbocycles. The van der Waals surface area contributed by atoms with Gasteiger partial charge >= 0.3 is 0 Å². The summed E-state index contributed by atoms with van der Waals surface area (Å²) < 4.78 is 3.79. The van der Waals surface area contributed by atoms with Gasteiger partial charge < -0.3 is 9.47 Å². The summed E-state index contributed by atoms with van der Waals surface area (Å²) in [6.07, 6.45) is 4.08. The van der Waals surface area contributed by atoms with Crippen molar-refractivity contribution in [1.29, 1.82) is 0 Å². The molecule has 1 aliphatic heterocycles. The number of piperidine rings is 1. The topological polar surface area (TPSA) is 77.0 Å². The number of hydrogen-bond acceptors (Lipinski definition) is 6. The minimum atomic E-state index is 0.373. The minimum Gasteiger partial charge on any atom is -0.354 e. The Labute approximate surface area is 140 Å². The normalized spacial score (nSPS) is 18.7. The molecule has 1 aliphatic rings. The summed E-state index contributed by atoms with van der Waals surface area (Å²) in [5.74, 6) is 3.12. The van der Waals surface area contributed by atoms with E-state index in [2.05, 4.69) is 48.7 Å². The molecule has 4 heterocycles. The van der Waals surface area contributed by atoms with Crippen LogP contribution in [0.15, 0.2) is 18.5 Å². The van der Waals surface area contributed by atoms with Crippen molar-refractivity contribution >= 4 is 11.5 Å². The Kier molecular flexibility index (Phi) is 3.66. The lowest BCUT2D eigenvalue weighted by Crippen LogP contribution is -2.36. The molecule has 8 heteroatoms. The van der Waals surface area contributed by atoms with E-state index in [9.17, 15) is 0 Å². The first-order valence-electron chi connectivity index (χ1n) is 8.47. The number of nitrogens with zero attached hydrogens (tertiary/aromatic N) is 8. The summed E-state index contributed by atoms with van der Waals surface area (Å²) in [7, 11) is 0. The first-order chi connectivity index (χ1) is 11.6. The molecule has 3 aromatic rings. The van der Waals surface area contributed by atoms with Crippen LogP contribution >= 0.6 is 0 Å². The van der Waals surface area contributed by atoms with E-state index in [1.807, 2.05) is 25.4 Å². The van der Waals surface area contributed by atoms with Crippen LogP contribution in [0.1, 0.15) is 50.3 Å². The second kappa shape index (κ2) is 5.85. The van der Waals surface area contributed by atoms with Gasteiger partial charge in [-0.15, -0.1) is 25.0 Å². The molecule has 8 nitrogen and oxygen atoms in total. The van der Waals surface area contributed by atoms with E-state index in [4.69, 9.17) is 0 Å². The van der Waals surface area contributed by atoms with Gasteiger partial charge in [0.15, 0.2) is 11.5 Å². The van der Waals surface area contributed by atoms with Crippen molar-refractivity contribution < 1.29 is 0 Å². The van der Waals surface area contributed by atoms with E-state index in [0.29, 0.717) is 12.0 Å². The molecule has 4 rings (SSSR count). The van der Waals surface area contributed by atoms with Crippen molar-refractivity contribution in [2.75, 3.05) is 18.0 Å². The van der Waals surface area contributed by atoms with Crippen LogP contribution < -0.4 is 4.90 Å². The Hall–Kier alpha value is -2.51. The van der Waals surface area contributed by atoms with Gasteiger partial charge in [0.25, 0.3) is 0 Å². The van der Waals surface area contributed by atoms with Crippen LogP contribution in [-0.2, 0) is 0 Å². The summed E-state index contributed by atoms with van der Waals surface area (Å²) in [5.41, 5.74) is 0.782. The molecule has 126 valence electrons. The van der Waals surface area contributed by atoms with Gasteiger partial charge in [0.05, 0.1) is 0 Å². The van der Waals surface area contributed by atoms with Gasteiger partial charge in [0, 0.05) is 25.0 Å². The summed E-state index contributed by atoms with van der Waals surface area (Å²) in [4.78, 5) is 6.64. The summed E-state index contributed by atoms with van der Waals surface area (Å²) in [5, 5.41) is 17.4. The third-order valence-corrected chi connectivity index (χ3v) is 4.57. The van der Waals surface area contributed by atoms with E-state index in [-0.39, 0.29) is 0 Å². The van der Waals surface area contributed by atoms with Gasteiger partial charge in [-0.2, -0.15) is 0 Å². The molecule has 1 fully saturated rings. The van der Waals surface area contributed by atoms with Crippen LogP contribution in [0.4, 0.5) is 5.82 Å². The summed E-state index contributed by atoms with van der Waals surface area (Å²) in [6.45, 7) is 8.10. The number of aryl methyl sites for hydroxylation is 1. The van der Waals surface area contributed by atoms with Gasteiger partial charge in [-0.3, -0.25) is 0 Å². The first-order valence-corrected chi connectivity index (χ1v) is 8.47. The lowest BCUT2D eigenvalue weighted by atomic mass is 9.97. The highest BCUT2D eigenvalue weighted by Crippen LogP contribution is 2.29. The highest BCUT2D eigenvalue weighted by molar-refractivity contribution is 5.45. The molecule has 0 saturated carbocycles. The number of anilines is 1. The zero-order valence-corrected chi connectivity index (χ0v) is 14.3. The molecule has 3 aromatic heterocycles. The average molecular weight is 326 g/mol. The maximum absolute atomic E-state index is 4.62. The van der Waals surface area contributed by atoms with Crippen LogP contribution in [0.2, 0.25) is 0 Å². The fourth-order valence-corrected chi connectivity index (χ4v) is 3.38. The van der Waals surface area contributed by atoms with Crippen LogP contribution in [0.5, 0.6) is 0 Å². The second-order valence-corrected chi connectivity index (χ2v) is 6.67. The van der Waals surface area contributed by atoms with Gasteiger partial charge in [0.2, 0.25) is 0 Å². The Bertz CT molecular complexity index is 849. The fraction of sp³-hybridized carbons (Fsp3) is 0.562. The Morgan fingerprint density at radius 1 is 1.21 bits per heavy atom. The van der Waals surface area contributed by atoms with Crippen molar-refractivity contribution in [2.45, 2.75) is 45.6 Å². The second-order valence-electron chi connectivity index (χ2n) is 6.67. The first kappa shape index (κ1) is 15.0. The largest absolute Gasteiger partial charge is 0.354 e. The van der Waals surface area contributed by atoms with Crippen LogP contribution in [-0.4, -0.2) is 47.7 Å². The van der Waals surface area contributed by atoms with Crippen molar-refractivity contribution in [2.24, 2.45) is 0 Å². The van der Waals surface area contributed by atoms with E-state index < -0.39 is 0 Å². The molecule has 0 spiro atoms. The van der Waals surface area contributed by atoms with Crippen molar-refractivity contribution in [1.82, 2.24) is 34.6 Å². The molecule has 0 amide bonds. The van der Waals surface area contributed by atoms with Gasteiger partial charge in [-0.25, -0.2) is 4.98 Å². The Morgan fingerprint density at radius 2 is 2.08 bits per heavy atom. The van der Waals surface area contributed by atoms with Gasteiger partial charge in [0.1, 0.15) is 18.0 Å². The predicted molar refractivity (Wildman–Crippen MR) is 90.1 cm³/mol. The number of fused-ring (bicyclic) bond motifs is 1. The predicted octanol–water partition coefficient (Wildman–Crippen LogP) is 1.99. The van der Waals surface area contributed by atoms with Crippen molar-refractivity contribution in [3.63, 3.8) is 0 Å². The fourth-order valence-electron chi connectivity index (χ4n) is 3.38. The van der Waals surface area contributed by atoms with E-state index in [1.165, 1.54) is 0 Å². The molecule has 1 atom stereocenters. The molecule has 0 aromatic carbocycles. The standard InChI is InChI=1S/C16H22N8/c1-11(2)23-10-17-19-16(23)13-5-4-8-22(9-13)15-7-6-14-18-12(3)20-24(14)21-15/h6-7,10-11,13H,4-5,8-9H2,1-3H3. The number of aromatic nitrogens is 7. The molecule has 1 saturated heterocycles. The maximum atomic E-state index is 4.62. The summed E-state index contributed by atoms with van der Waals surface area (Å²) in [6, 6.07) is 4.37. The number of rotatable bonds is 3. The lowest BCUT2D eigenvalue weighted by Gasteiger charge is -2.33. The van der Waals surface area contributed by atoms with Crippen molar-refractivity contribution in [3.05, 3.63) is 30.1 Å². The third-order valence-electron chi connectivity index (χ3n) is 4.57. The Morgan fingerprint density at radius 3 is 2.92 bits per heavy atom. The monoisotopic (exact) mass is 326 g/mol. The van der Waals surface area contributed by atoms with E-state index in [1.54, 1.807) is 4.63 Å². The zero-order chi connectivity index (χ0) is 16.7. The molecule has 24 heavy (non-hydrogen) atoms. The molecular formula is C16H22N8. The highest BCUT2D eigenvalue weighted by atomic mass is 15.5. The highest BCUT2D eigenvalue weighted by Gasteiger charge is 2.27. The Balaban J connectivity index is 1.60. The molecule has 0 radical (unpaired) electrons. The smallest absolute Gasteiger partial charge is 0.176 e. The third kappa shape index (κ3) is 2.61.